The van der Waals surface area contributed by atoms with Crippen molar-refractivity contribution >= 4 is 18.1 Å². The number of carbonyl (C=O) groups excluding carboxylic acids is 3. The zero-order chi connectivity index (χ0) is 27.0. The number of nitrogens with one attached hydrogen (secondary N) is 1. The third-order valence-electron chi connectivity index (χ3n) is 6.58. The van der Waals surface area contributed by atoms with Gasteiger partial charge in [0.25, 0.3) is 0 Å². The van der Waals surface area contributed by atoms with Gasteiger partial charge in [0.15, 0.2) is 0 Å². The third-order valence-corrected chi connectivity index (χ3v) is 6.58. The van der Waals surface area contributed by atoms with E-state index >= 15 is 0 Å². The number of alkyl carbamates (subject to hydrolysis) is 1. The van der Waals surface area contributed by atoms with Gasteiger partial charge in [0.1, 0.15) is 13.2 Å². The van der Waals surface area contributed by atoms with Crippen LogP contribution in [0.4, 0.5) is 9.59 Å². The molecule has 1 N–H and O–H groups in total. The minimum absolute atomic E-state index is 0.0110. The van der Waals surface area contributed by atoms with Gasteiger partial charge in [-0.1, -0.05) is 60.7 Å². The molecular formula is C29H39N3O5. The van der Waals surface area contributed by atoms with E-state index in [9.17, 15) is 14.4 Å². The lowest BCUT2D eigenvalue weighted by Gasteiger charge is -2.47. The Bertz CT molecular complexity index is 1040. The van der Waals surface area contributed by atoms with Crippen LogP contribution >= 0.6 is 0 Å². The van der Waals surface area contributed by atoms with Gasteiger partial charge in [-0.05, 0) is 51.2 Å². The molecule has 0 saturated heterocycles. The summed E-state index contributed by atoms with van der Waals surface area (Å²) in [5.74, 6) is -0.246. The summed E-state index contributed by atoms with van der Waals surface area (Å²) in [5.41, 5.74) is 1.19. The summed E-state index contributed by atoms with van der Waals surface area (Å²) in [6, 6.07) is 18.1. The van der Waals surface area contributed by atoms with Crippen LogP contribution in [0.2, 0.25) is 0 Å². The number of ether oxygens (including phenoxy) is 2. The minimum atomic E-state index is -0.580. The number of rotatable bonds is 7. The molecule has 3 atom stereocenters. The topological polar surface area (TPSA) is 88.2 Å². The first-order valence-electron chi connectivity index (χ1n) is 12.7. The maximum Gasteiger partial charge on any atom is 0.410 e. The van der Waals surface area contributed by atoms with E-state index in [2.05, 4.69) is 5.32 Å². The highest BCUT2D eigenvalue weighted by molar-refractivity contribution is 5.79. The molecule has 1 saturated carbocycles. The van der Waals surface area contributed by atoms with Crippen molar-refractivity contribution in [3.05, 3.63) is 71.8 Å². The molecule has 3 amide bonds. The molecule has 0 aromatic heterocycles. The Balaban J connectivity index is 1.77. The second kappa shape index (κ2) is 12.6. The van der Waals surface area contributed by atoms with E-state index in [1.807, 2.05) is 81.4 Å². The van der Waals surface area contributed by atoms with Gasteiger partial charge in [0.05, 0.1) is 12.1 Å². The molecule has 2 aromatic carbocycles. The zero-order valence-corrected chi connectivity index (χ0v) is 22.5. The van der Waals surface area contributed by atoms with Gasteiger partial charge >= 0.3 is 12.2 Å². The van der Waals surface area contributed by atoms with E-state index < -0.39 is 23.8 Å². The summed E-state index contributed by atoms with van der Waals surface area (Å²) in [6.07, 6.45) is 0.524. The molecule has 0 spiro atoms. The Morgan fingerprint density at radius 3 is 1.92 bits per heavy atom. The van der Waals surface area contributed by atoms with E-state index in [1.54, 1.807) is 23.9 Å². The van der Waals surface area contributed by atoms with Crippen molar-refractivity contribution in [2.24, 2.45) is 5.92 Å². The predicted octanol–water partition coefficient (Wildman–Crippen LogP) is 4.98. The van der Waals surface area contributed by atoms with Crippen molar-refractivity contribution in [1.82, 2.24) is 15.1 Å². The van der Waals surface area contributed by atoms with Crippen LogP contribution < -0.4 is 5.32 Å². The molecule has 0 radical (unpaired) electrons. The number of amides is 3. The van der Waals surface area contributed by atoms with Gasteiger partial charge in [-0.25, -0.2) is 9.59 Å². The summed E-state index contributed by atoms with van der Waals surface area (Å²) in [5, 5.41) is 2.96. The van der Waals surface area contributed by atoms with Crippen LogP contribution in [0.15, 0.2) is 60.7 Å². The smallest absolute Gasteiger partial charge is 0.410 e. The number of hydrogen-bond acceptors (Lipinski definition) is 5. The van der Waals surface area contributed by atoms with Crippen molar-refractivity contribution in [2.45, 2.75) is 70.9 Å². The highest BCUT2D eigenvalue weighted by Gasteiger charge is 2.44. The molecule has 3 rings (SSSR count). The normalized spacial score (nSPS) is 19.4. The van der Waals surface area contributed by atoms with Gasteiger partial charge < -0.3 is 19.7 Å². The molecule has 1 aliphatic rings. The van der Waals surface area contributed by atoms with Crippen LogP contribution in [0.25, 0.3) is 0 Å². The van der Waals surface area contributed by atoms with Crippen LogP contribution in [0, 0.1) is 5.92 Å². The molecule has 1 fully saturated rings. The fourth-order valence-electron chi connectivity index (χ4n) is 4.82. The van der Waals surface area contributed by atoms with Crippen LogP contribution in [0.5, 0.6) is 0 Å². The summed E-state index contributed by atoms with van der Waals surface area (Å²) in [4.78, 5) is 42.3. The second-order valence-electron chi connectivity index (χ2n) is 10.7. The second-order valence-corrected chi connectivity index (χ2v) is 10.7. The number of benzene rings is 2. The number of nitrogens with zero attached hydrogens (tertiary/aromatic N) is 2. The molecule has 37 heavy (non-hydrogen) atoms. The highest BCUT2D eigenvalue weighted by atomic mass is 16.6. The van der Waals surface area contributed by atoms with Crippen LogP contribution in [0.3, 0.4) is 0 Å². The molecule has 0 heterocycles. The average molecular weight is 510 g/mol. The van der Waals surface area contributed by atoms with E-state index in [1.165, 1.54) is 0 Å². The van der Waals surface area contributed by atoms with Crippen LogP contribution in [-0.4, -0.2) is 59.6 Å². The van der Waals surface area contributed by atoms with Gasteiger partial charge in [-0.15, -0.1) is 0 Å². The Morgan fingerprint density at radius 2 is 1.41 bits per heavy atom. The molecule has 0 aliphatic heterocycles. The Kier molecular flexibility index (Phi) is 9.55. The fraction of sp³-hybridized carbons (Fsp3) is 0.483. The monoisotopic (exact) mass is 509 g/mol. The first-order valence-corrected chi connectivity index (χ1v) is 12.7. The van der Waals surface area contributed by atoms with Crippen LogP contribution in [0.1, 0.15) is 51.2 Å². The molecule has 200 valence electrons. The Hall–Kier alpha value is -3.55. The zero-order valence-electron chi connectivity index (χ0n) is 22.5. The van der Waals surface area contributed by atoms with Crippen LogP contribution in [-0.2, 0) is 27.5 Å². The average Bonchev–Trinajstić information content (AvgIpc) is 2.87. The standard InChI is InChI=1S/C29H39N3O5/c1-29(2,3)32(28(35)37-20-22-14-10-7-11-15-22)25-17-16-23(26(33)31(4)5)18-24(25)30-27(34)36-19-21-12-8-6-9-13-21/h6-15,23-25H,16-20H2,1-5H3,(H,30,34)/t23-,24+,25-/m0/s1. The minimum Gasteiger partial charge on any atom is -0.445 e. The lowest BCUT2D eigenvalue weighted by Crippen LogP contribution is -2.62. The lowest BCUT2D eigenvalue weighted by atomic mass is 9.79. The lowest BCUT2D eigenvalue weighted by molar-refractivity contribution is -0.134. The summed E-state index contributed by atoms with van der Waals surface area (Å²) >= 11 is 0. The van der Waals surface area contributed by atoms with Crippen molar-refractivity contribution in [1.29, 1.82) is 0 Å². The van der Waals surface area contributed by atoms with Crippen molar-refractivity contribution in [3.8, 4) is 0 Å². The Labute approximate surface area is 219 Å². The van der Waals surface area contributed by atoms with E-state index in [0.29, 0.717) is 19.3 Å². The van der Waals surface area contributed by atoms with Gasteiger partial charge in [0, 0.05) is 25.6 Å². The quantitative estimate of drug-likeness (QED) is 0.569. The molecule has 1 aliphatic carbocycles. The number of carbonyl (C=O) groups is 3. The molecule has 0 unspecified atom stereocenters. The van der Waals surface area contributed by atoms with E-state index in [4.69, 9.17) is 9.47 Å². The van der Waals surface area contributed by atoms with Gasteiger partial charge in [-0.3, -0.25) is 9.69 Å². The van der Waals surface area contributed by atoms with Crippen molar-refractivity contribution in [2.75, 3.05) is 14.1 Å². The van der Waals surface area contributed by atoms with Crippen molar-refractivity contribution in [3.63, 3.8) is 0 Å². The SMILES string of the molecule is CN(C)C(=O)[C@H]1CC[C@H](N(C(=O)OCc2ccccc2)C(C)(C)C)[C@H](NC(=O)OCc2ccccc2)C1. The maximum atomic E-state index is 13.4. The molecule has 0 bridgehead atoms. The first-order chi connectivity index (χ1) is 17.6. The molecular weight excluding hydrogens is 470 g/mol. The first kappa shape index (κ1) is 28.0. The van der Waals surface area contributed by atoms with E-state index in [-0.39, 0.29) is 31.1 Å². The predicted molar refractivity (Wildman–Crippen MR) is 142 cm³/mol. The molecule has 8 nitrogen and oxygen atoms in total. The molecule has 8 heteroatoms. The van der Waals surface area contributed by atoms with E-state index in [0.717, 1.165) is 11.1 Å². The molecule has 2 aromatic rings. The summed E-state index contributed by atoms with van der Waals surface area (Å²) in [7, 11) is 3.46. The van der Waals surface area contributed by atoms with Crippen molar-refractivity contribution < 1.29 is 23.9 Å². The van der Waals surface area contributed by atoms with Gasteiger partial charge in [0.2, 0.25) is 5.91 Å². The fourth-order valence-corrected chi connectivity index (χ4v) is 4.82. The Morgan fingerprint density at radius 1 is 0.865 bits per heavy atom. The third kappa shape index (κ3) is 7.97. The number of hydrogen-bond donors (Lipinski definition) is 1. The summed E-state index contributed by atoms with van der Waals surface area (Å²) in [6.45, 7) is 6.11. The largest absolute Gasteiger partial charge is 0.445 e. The highest BCUT2D eigenvalue weighted by Crippen LogP contribution is 2.33. The summed E-state index contributed by atoms with van der Waals surface area (Å²) < 4.78 is 11.2. The maximum absolute atomic E-state index is 13.4. The van der Waals surface area contributed by atoms with Gasteiger partial charge in [-0.2, -0.15) is 0 Å².